The fourth-order valence-corrected chi connectivity index (χ4v) is 3.99. The van der Waals surface area contributed by atoms with Gasteiger partial charge in [-0.25, -0.2) is 13.2 Å². The van der Waals surface area contributed by atoms with E-state index in [1.165, 1.54) is 12.1 Å². The normalized spacial score (nSPS) is 11.4. The lowest BCUT2D eigenvalue weighted by Crippen LogP contribution is -2.13. The monoisotopic (exact) mass is 412 g/mol. The van der Waals surface area contributed by atoms with Gasteiger partial charge in [-0.2, -0.15) is 0 Å². The van der Waals surface area contributed by atoms with Gasteiger partial charge in [0.25, 0.3) is 10.0 Å². The number of hydrogen-bond acceptors (Lipinski definition) is 3. The third-order valence-corrected chi connectivity index (χ3v) is 4.82. The Labute approximate surface area is 138 Å². The zero-order valence-corrected chi connectivity index (χ0v) is 13.9. The number of aromatic amines is 1. The first-order valence-electron chi connectivity index (χ1n) is 5.30. The molecule has 0 amide bonds. The molecule has 0 spiro atoms. The highest BCUT2D eigenvalue weighted by molar-refractivity contribution is 9.10. The molecular weight excluding hydrogens is 407 g/mol. The average molecular weight is 414 g/mol. The van der Waals surface area contributed by atoms with Crippen LogP contribution in [0, 0.1) is 0 Å². The van der Waals surface area contributed by atoms with Crippen LogP contribution in [0.1, 0.15) is 10.5 Å². The molecule has 2 rings (SSSR count). The summed E-state index contributed by atoms with van der Waals surface area (Å²) in [6.07, 6.45) is 1.06. The molecule has 1 heterocycles. The fourth-order valence-electron chi connectivity index (χ4n) is 1.49. The summed E-state index contributed by atoms with van der Waals surface area (Å²) < 4.78 is 27.2. The van der Waals surface area contributed by atoms with Crippen LogP contribution in [0.25, 0.3) is 0 Å². The van der Waals surface area contributed by atoms with E-state index in [-0.39, 0.29) is 26.3 Å². The van der Waals surface area contributed by atoms with Gasteiger partial charge in [-0.15, -0.1) is 0 Å². The van der Waals surface area contributed by atoms with Crippen LogP contribution < -0.4 is 4.72 Å². The lowest BCUT2D eigenvalue weighted by molar-refractivity contribution is 0.0691. The number of H-pyrrole nitrogens is 1. The zero-order chi connectivity index (χ0) is 15.8. The minimum Gasteiger partial charge on any atom is -0.477 e. The maximum absolute atomic E-state index is 12.2. The van der Waals surface area contributed by atoms with Crippen molar-refractivity contribution in [1.29, 1.82) is 0 Å². The van der Waals surface area contributed by atoms with Gasteiger partial charge in [0.1, 0.15) is 10.6 Å². The predicted molar refractivity (Wildman–Crippen MR) is 82.7 cm³/mol. The third kappa shape index (κ3) is 3.52. The Morgan fingerprint density at radius 3 is 2.29 bits per heavy atom. The average Bonchev–Trinajstić information content (AvgIpc) is 2.84. The van der Waals surface area contributed by atoms with Crippen molar-refractivity contribution < 1.29 is 18.3 Å². The molecule has 3 N–H and O–H groups in total. The van der Waals surface area contributed by atoms with Crippen molar-refractivity contribution >= 4 is 60.8 Å². The van der Waals surface area contributed by atoms with E-state index in [1.54, 1.807) is 0 Å². The number of halogens is 3. The number of benzene rings is 1. The number of rotatable bonds is 4. The Bertz CT molecular complexity index is 796. The molecule has 0 unspecified atom stereocenters. The summed E-state index contributed by atoms with van der Waals surface area (Å²) in [5, 5.41) is 8.99. The SMILES string of the molecule is O=C(O)c1cc(S(=O)(=O)Nc2c(Cl)cc(Br)cc2Cl)c[nH]1. The van der Waals surface area contributed by atoms with E-state index in [9.17, 15) is 13.2 Å². The standard InChI is InChI=1S/C11H7BrCl2N2O4S/c12-5-1-7(13)10(8(14)2-5)16-21(19,20)6-3-9(11(17)18)15-4-6/h1-4,15-16H,(H,17,18). The summed E-state index contributed by atoms with van der Waals surface area (Å²) in [6.45, 7) is 0. The number of aromatic nitrogens is 1. The van der Waals surface area contributed by atoms with Crippen LogP contribution in [0.4, 0.5) is 5.69 Å². The molecule has 0 aliphatic heterocycles. The van der Waals surface area contributed by atoms with Crippen molar-refractivity contribution in [3.8, 4) is 0 Å². The van der Waals surface area contributed by atoms with Crippen LogP contribution in [0.15, 0.2) is 33.8 Å². The second-order valence-corrected chi connectivity index (χ2v) is 7.32. The van der Waals surface area contributed by atoms with Crippen molar-refractivity contribution in [1.82, 2.24) is 4.98 Å². The predicted octanol–water partition coefficient (Wildman–Crippen LogP) is 3.58. The van der Waals surface area contributed by atoms with Gasteiger partial charge in [0.05, 0.1) is 15.7 Å². The zero-order valence-electron chi connectivity index (χ0n) is 10.0. The van der Waals surface area contributed by atoms with Gasteiger partial charge in [-0.05, 0) is 18.2 Å². The number of hydrogen-bond donors (Lipinski definition) is 3. The number of aromatic carboxylic acids is 1. The van der Waals surface area contributed by atoms with Crippen LogP contribution in [0.2, 0.25) is 10.0 Å². The van der Waals surface area contributed by atoms with E-state index in [2.05, 4.69) is 25.6 Å². The van der Waals surface area contributed by atoms with Crippen molar-refractivity contribution in [2.24, 2.45) is 0 Å². The van der Waals surface area contributed by atoms with Crippen LogP contribution >= 0.6 is 39.1 Å². The molecule has 0 aliphatic rings. The van der Waals surface area contributed by atoms with Crippen molar-refractivity contribution in [3.63, 3.8) is 0 Å². The molecule has 6 nitrogen and oxygen atoms in total. The van der Waals surface area contributed by atoms with E-state index < -0.39 is 16.0 Å². The fraction of sp³-hybridized carbons (Fsp3) is 0. The Kier molecular flexibility index (Phi) is 4.52. The van der Waals surface area contributed by atoms with Crippen LogP contribution in [0.3, 0.4) is 0 Å². The van der Waals surface area contributed by atoms with Crippen molar-refractivity contribution in [2.45, 2.75) is 4.90 Å². The number of nitrogens with one attached hydrogen (secondary N) is 2. The van der Waals surface area contributed by atoms with E-state index in [1.807, 2.05) is 0 Å². The lowest BCUT2D eigenvalue weighted by atomic mass is 10.3. The van der Waals surface area contributed by atoms with Gasteiger partial charge in [0.2, 0.25) is 0 Å². The topological polar surface area (TPSA) is 99.3 Å². The number of anilines is 1. The smallest absolute Gasteiger partial charge is 0.352 e. The first kappa shape index (κ1) is 16.2. The Balaban J connectivity index is 2.40. The molecule has 0 aliphatic carbocycles. The largest absolute Gasteiger partial charge is 0.477 e. The van der Waals surface area contributed by atoms with E-state index in [4.69, 9.17) is 28.3 Å². The van der Waals surface area contributed by atoms with Gasteiger partial charge in [0, 0.05) is 10.7 Å². The number of carbonyl (C=O) groups is 1. The first-order valence-corrected chi connectivity index (χ1v) is 8.33. The van der Waals surface area contributed by atoms with E-state index >= 15 is 0 Å². The lowest BCUT2D eigenvalue weighted by Gasteiger charge is -2.10. The molecule has 10 heteroatoms. The minimum atomic E-state index is -4.01. The second-order valence-electron chi connectivity index (χ2n) is 3.90. The molecule has 0 fully saturated rings. The maximum atomic E-state index is 12.2. The second kappa shape index (κ2) is 5.88. The summed E-state index contributed by atoms with van der Waals surface area (Å²) in [4.78, 5) is 12.9. The van der Waals surface area contributed by atoms with Gasteiger partial charge >= 0.3 is 5.97 Å². The molecule has 0 saturated heterocycles. The molecule has 0 radical (unpaired) electrons. The summed E-state index contributed by atoms with van der Waals surface area (Å²) in [6, 6.07) is 3.95. The van der Waals surface area contributed by atoms with Gasteiger partial charge < -0.3 is 10.1 Å². The van der Waals surface area contributed by atoms with Gasteiger partial charge in [0.15, 0.2) is 0 Å². The quantitative estimate of drug-likeness (QED) is 0.713. The molecular formula is C11H7BrCl2N2O4S. The first-order chi connectivity index (χ1) is 9.70. The molecule has 1 aromatic heterocycles. The number of carboxylic acid groups (broad SMARTS) is 1. The molecule has 2 aromatic rings. The van der Waals surface area contributed by atoms with Gasteiger partial charge in [-0.3, -0.25) is 4.72 Å². The van der Waals surface area contributed by atoms with E-state index in [0.717, 1.165) is 12.3 Å². The Hall–Kier alpha value is -1.22. The summed E-state index contributed by atoms with van der Waals surface area (Å²) in [5.74, 6) is -1.27. The summed E-state index contributed by atoms with van der Waals surface area (Å²) >= 11 is 15.1. The van der Waals surface area contributed by atoms with Crippen molar-refractivity contribution in [2.75, 3.05) is 4.72 Å². The molecule has 0 atom stereocenters. The summed E-state index contributed by atoms with van der Waals surface area (Å²) in [5.41, 5.74) is -0.233. The van der Waals surface area contributed by atoms with Crippen LogP contribution in [0.5, 0.6) is 0 Å². The highest BCUT2D eigenvalue weighted by Gasteiger charge is 2.21. The Morgan fingerprint density at radius 2 is 1.81 bits per heavy atom. The highest BCUT2D eigenvalue weighted by Crippen LogP contribution is 2.35. The van der Waals surface area contributed by atoms with Crippen LogP contribution in [-0.4, -0.2) is 24.5 Å². The van der Waals surface area contributed by atoms with Crippen LogP contribution in [-0.2, 0) is 10.0 Å². The molecule has 21 heavy (non-hydrogen) atoms. The van der Waals surface area contributed by atoms with Crippen molar-refractivity contribution in [3.05, 3.63) is 44.6 Å². The molecule has 0 bridgehead atoms. The summed E-state index contributed by atoms with van der Waals surface area (Å²) in [7, 11) is -4.01. The molecule has 0 saturated carbocycles. The van der Waals surface area contributed by atoms with E-state index in [0.29, 0.717) is 4.47 Å². The highest BCUT2D eigenvalue weighted by atomic mass is 79.9. The maximum Gasteiger partial charge on any atom is 0.352 e. The van der Waals surface area contributed by atoms with Gasteiger partial charge in [-0.1, -0.05) is 39.1 Å². The third-order valence-electron chi connectivity index (χ3n) is 2.44. The molecule has 112 valence electrons. The Morgan fingerprint density at radius 1 is 1.24 bits per heavy atom. The minimum absolute atomic E-state index is 0.0135. The number of sulfonamides is 1. The number of carboxylic acids is 1. The molecule has 1 aromatic carbocycles.